The number of benzene rings is 1. The lowest BCUT2D eigenvalue weighted by Gasteiger charge is -2.34. The van der Waals surface area contributed by atoms with Gasteiger partial charge in [-0.3, -0.25) is 9.58 Å². The normalized spacial score (nSPS) is 22.0. The third-order valence-corrected chi connectivity index (χ3v) is 6.76. The van der Waals surface area contributed by atoms with Crippen molar-refractivity contribution in [2.24, 2.45) is 18.0 Å². The van der Waals surface area contributed by atoms with Crippen molar-refractivity contribution in [3.8, 4) is 6.07 Å². The predicted molar refractivity (Wildman–Crippen MR) is 133 cm³/mol. The number of hydrogen-bond donors (Lipinski definition) is 1. The standard InChI is InChI=1S/C26H26N8O/c1-32-25-20(13-31-32)9-21(12-30-25)26-33(22-6-4-18(10-27)5-7-22)15-24(23-14-29-17-34(23)26)35-16-19-3-2-8-28-11-19/h4-7,9,12-15,17,19,26,28H,2-3,8,11,16H2,1H3/q+1/t19-,26?/m1/s1. The van der Waals surface area contributed by atoms with Crippen molar-refractivity contribution in [2.45, 2.75) is 19.0 Å². The molecule has 1 N–H and O–H groups in total. The number of anilines is 1. The van der Waals surface area contributed by atoms with E-state index >= 15 is 0 Å². The second-order valence-electron chi connectivity index (χ2n) is 9.09. The highest BCUT2D eigenvalue weighted by atomic mass is 16.5. The Morgan fingerprint density at radius 2 is 2.14 bits per heavy atom. The molecule has 0 spiro atoms. The minimum absolute atomic E-state index is 0.221. The molecule has 1 saturated heterocycles. The van der Waals surface area contributed by atoms with Crippen molar-refractivity contribution in [2.75, 3.05) is 24.6 Å². The first-order valence-electron chi connectivity index (χ1n) is 11.8. The highest BCUT2D eigenvalue weighted by molar-refractivity contribution is 5.77. The maximum atomic E-state index is 9.28. The molecule has 1 unspecified atom stereocenters. The Kier molecular flexibility index (Phi) is 5.52. The number of aryl methyl sites for hydroxylation is 1. The van der Waals surface area contributed by atoms with Crippen molar-refractivity contribution in [3.63, 3.8) is 0 Å². The van der Waals surface area contributed by atoms with Crippen molar-refractivity contribution < 1.29 is 4.74 Å². The Labute approximate surface area is 203 Å². The fraction of sp³-hybridized carbons (Fsp3) is 0.308. The predicted octanol–water partition coefficient (Wildman–Crippen LogP) is 3.24. The Morgan fingerprint density at radius 1 is 1.26 bits per heavy atom. The maximum absolute atomic E-state index is 9.28. The molecular formula is C26H26N8O+. The number of piperidine rings is 1. The van der Waals surface area contributed by atoms with E-state index in [1.807, 2.05) is 62.4 Å². The summed E-state index contributed by atoms with van der Waals surface area (Å²) in [7, 11) is 1.89. The first-order valence-corrected chi connectivity index (χ1v) is 11.8. The van der Waals surface area contributed by atoms with Crippen LogP contribution < -0.4 is 15.1 Å². The van der Waals surface area contributed by atoms with Gasteiger partial charge in [0.05, 0.1) is 36.2 Å². The minimum Gasteiger partial charge on any atom is -0.486 e. The zero-order chi connectivity index (χ0) is 23.8. The van der Waals surface area contributed by atoms with Gasteiger partial charge >= 0.3 is 0 Å². The van der Waals surface area contributed by atoms with Gasteiger partial charge in [-0.2, -0.15) is 10.4 Å². The average molecular weight is 467 g/mol. The van der Waals surface area contributed by atoms with Gasteiger partial charge in [0.1, 0.15) is 6.20 Å². The van der Waals surface area contributed by atoms with E-state index in [9.17, 15) is 5.26 Å². The summed E-state index contributed by atoms with van der Waals surface area (Å²) in [5.41, 5.74) is 4.33. The van der Waals surface area contributed by atoms with Crippen LogP contribution in [0.25, 0.3) is 11.0 Å². The summed E-state index contributed by atoms with van der Waals surface area (Å²) in [6.45, 7) is 2.71. The van der Waals surface area contributed by atoms with Gasteiger partial charge in [-0.15, -0.1) is 0 Å². The molecule has 175 valence electrons. The maximum Gasteiger partial charge on any atom is 0.252 e. The molecule has 0 saturated carbocycles. The summed E-state index contributed by atoms with van der Waals surface area (Å²) < 4.78 is 8.17. The summed E-state index contributed by atoms with van der Waals surface area (Å²) in [6.07, 6.45) is 11.6. The van der Waals surface area contributed by atoms with Gasteiger partial charge in [-0.25, -0.2) is 9.98 Å². The Morgan fingerprint density at radius 3 is 2.94 bits per heavy atom. The van der Waals surface area contributed by atoms with E-state index in [2.05, 4.69) is 42.3 Å². The van der Waals surface area contributed by atoms with Crippen LogP contribution in [0.5, 0.6) is 0 Å². The molecule has 1 radical (unpaired) electrons. The SMILES string of the molecule is Cn1ncc2cc(C3N(c4ccc(C#N)cc4)C=C(OC[C@@H]4CCCNC4)C4=CN=C[N+]43)cnc21. The number of nitrogens with one attached hydrogen (secondary N) is 1. The third kappa shape index (κ3) is 3.97. The smallest absolute Gasteiger partial charge is 0.252 e. The monoisotopic (exact) mass is 466 g/mol. The number of pyridine rings is 1. The second-order valence-corrected chi connectivity index (χ2v) is 9.09. The van der Waals surface area contributed by atoms with Gasteiger partial charge in [0, 0.05) is 36.8 Å². The molecule has 0 aliphatic carbocycles. The van der Waals surface area contributed by atoms with E-state index in [0.29, 0.717) is 18.1 Å². The van der Waals surface area contributed by atoms with Crippen LogP contribution in [0.2, 0.25) is 0 Å². The van der Waals surface area contributed by atoms with Crippen molar-refractivity contribution in [3.05, 3.63) is 77.7 Å². The number of nitrogens with zero attached hydrogens (tertiary/aromatic N) is 7. The van der Waals surface area contributed by atoms with E-state index in [0.717, 1.165) is 53.3 Å². The molecule has 3 aliphatic rings. The number of nitriles is 1. The van der Waals surface area contributed by atoms with Crippen molar-refractivity contribution in [1.82, 2.24) is 25.0 Å². The Balaban J connectivity index is 1.40. The second kappa shape index (κ2) is 8.98. The summed E-state index contributed by atoms with van der Waals surface area (Å²) in [6, 6.07) is 11.9. The average Bonchev–Trinajstić information content (AvgIpc) is 3.54. The molecular weight excluding hydrogens is 440 g/mol. The van der Waals surface area contributed by atoms with E-state index < -0.39 is 0 Å². The summed E-state index contributed by atoms with van der Waals surface area (Å²) >= 11 is 0. The van der Waals surface area contributed by atoms with E-state index in [1.54, 1.807) is 4.68 Å². The molecule has 9 heteroatoms. The molecule has 35 heavy (non-hydrogen) atoms. The molecule has 1 aromatic carbocycles. The van der Waals surface area contributed by atoms with Gasteiger partial charge in [-0.1, -0.05) is 4.90 Å². The third-order valence-electron chi connectivity index (χ3n) is 6.76. The Bertz CT molecular complexity index is 1370. The quantitative estimate of drug-likeness (QED) is 0.580. The molecule has 3 aromatic rings. The molecule has 3 aliphatic heterocycles. The Hall–Kier alpha value is -4.00. The van der Waals surface area contributed by atoms with Gasteiger partial charge in [0.15, 0.2) is 5.65 Å². The van der Waals surface area contributed by atoms with Crippen LogP contribution in [0.15, 0.2) is 71.6 Å². The van der Waals surface area contributed by atoms with E-state index in [-0.39, 0.29) is 6.17 Å². The van der Waals surface area contributed by atoms with Crippen molar-refractivity contribution in [1.29, 1.82) is 5.26 Å². The molecule has 6 rings (SSSR count). The fourth-order valence-corrected chi connectivity index (χ4v) is 4.92. The molecule has 1 fully saturated rings. The molecule has 5 heterocycles. The number of aliphatic imine (C=N–C) groups is 1. The van der Waals surface area contributed by atoms with Crippen LogP contribution in [0.4, 0.5) is 5.69 Å². The fourth-order valence-electron chi connectivity index (χ4n) is 4.92. The van der Waals surface area contributed by atoms with Gasteiger partial charge in [0.25, 0.3) is 11.9 Å². The van der Waals surface area contributed by atoms with Crippen LogP contribution in [0, 0.1) is 17.2 Å². The molecule has 0 bridgehead atoms. The van der Waals surface area contributed by atoms with Crippen LogP contribution in [-0.2, 0) is 11.8 Å². The van der Waals surface area contributed by atoms with Crippen LogP contribution in [0.3, 0.4) is 0 Å². The van der Waals surface area contributed by atoms with Crippen LogP contribution in [0.1, 0.15) is 30.1 Å². The molecule has 9 nitrogen and oxygen atoms in total. The topological polar surface area (TPSA) is 97.3 Å². The first kappa shape index (κ1) is 21.5. The number of aromatic nitrogens is 3. The van der Waals surface area contributed by atoms with Gasteiger partial charge < -0.3 is 10.1 Å². The largest absolute Gasteiger partial charge is 0.486 e. The van der Waals surface area contributed by atoms with Crippen molar-refractivity contribution >= 4 is 23.1 Å². The zero-order valence-corrected chi connectivity index (χ0v) is 19.5. The van der Waals surface area contributed by atoms with Gasteiger partial charge in [-0.05, 0) is 49.7 Å². The molecule has 2 aromatic heterocycles. The lowest BCUT2D eigenvalue weighted by molar-refractivity contribution is 0.146. The summed E-state index contributed by atoms with van der Waals surface area (Å²) in [5, 5.41) is 18.1. The van der Waals surface area contributed by atoms with Gasteiger partial charge in [0.2, 0.25) is 12.1 Å². The summed E-state index contributed by atoms with van der Waals surface area (Å²) in [4.78, 5) is 13.4. The van der Waals surface area contributed by atoms with E-state index in [1.165, 1.54) is 6.42 Å². The zero-order valence-electron chi connectivity index (χ0n) is 19.5. The number of rotatable bonds is 5. The minimum atomic E-state index is -0.221. The number of ether oxygens (including phenoxy) is 1. The molecule has 2 atom stereocenters. The molecule has 0 amide bonds. The van der Waals surface area contributed by atoms with Crippen LogP contribution >= 0.6 is 0 Å². The highest BCUT2D eigenvalue weighted by Gasteiger charge is 2.46. The number of fused-ring (bicyclic) bond motifs is 2. The highest BCUT2D eigenvalue weighted by Crippen LogP contribution is 2.39. The summed E-state index contributed by atoms with van der Waals surface area (Å²) in [5.74, 6) is 1.27. The lowest BCUT2D eigenvalue weighted by Crippen LogP contribution is -2.45. The van der Waals surface area contributed by atoms with Crippen LogP contribution in [-0.4, -0.2) is 40.8 Å². The first-order chi connectivity index (χ1) is 17.2. The van der Waals surface area contributed by atoms with E-state index in [4.69, 9.17) is 4.74 Å². The lowest BCUT2D eigenvalue weighted by atomic mass is 10.0. The number of hydrogen-bond acceptors (Lipinski definition) is 8.